The van der Waals surface area contributed by atoms with Crippen LogP contribution in [-0.4, -0.2) is 34.0 Å². The molecular formula is C16H19N3O3S. The molecule has 0 aliphatic carbocycles. The van der Waals surface area contributed by atoms with Gasteiger partial charge in [0.2, 0.25) is 0 Å². The van der Waals surface area contributed by atoms with Crippen LogP contribution >= 0.6 is 11.3 Å². The molecule has 1 heterocycles. The summed E-state index contributed by atoms with van der Waals surface area (Å²) in [5.41, 5.74) is 1.08. The number of carboxylic acid groups (broad SMARTS) is 1. The molecule has 2 rings (SSSR count). The molecule has 1 aromatic heterocycles. The molecule has 0 atom stereocenters. The number of rotatable bonds is 6. The number of hydrogen-bond donors (Lipinski definition) is 2. The maximum absolute atomic E-state index is 12.1. The number of carbonyl (C=O) groups is 2. The van der Waals surface area contributed by atoms with Gasteiger partial charge in [-0.1, -0.05) is 19.1 Å². The number of aromatic nitrogens is 1. The van der Waals surface area contributed by atoms with E-state index in [9.17, 15) is 9.59 Å². The molecule has 2 aromatic rings. The quantitative estimate of drug-likeness (QED) is 0.851. The molecule has 0 saturated carbocycles. The molecule has 0 bridgehead atoms. The molecule has 2 N–H and O–H groups in total. The normalized spacial score (nSPS) is 10.3. The van der Waals surface area contributed by atoms with Gasteiger partial charge in [0.05, 0.1) is 12.1 Å². The topological polar surface area (TPSA) is 82.5 Å². The summed E-state index contributed by atoms with van der Waals surface area (Å²) in [6.45, 7) is 2.89. The molecule has 0 saturated heterocycles. The van der Waals surface area contributed by atoms with Crippen molar-refractivity contribution in [2.75, 3.05) is 7.05 Å². The molecule has 122 valence electrons. The lowest BCUT2D eigenvalue weighted by Crippen LogP contribution is -2.36. The average Bonchev–Trinajstić information content (AvgIpc) is 3.00. The highest BCUT2D eigenvalue weighted by atomic mass is 32.1. The van der Waals surface area contributed by atoms with Gasteiger partial charge in [-0.05, 0) is 24.1 Å². The van der Waals surface area contributed by atoms with Crippen molar-refractivity contribution >= 4 is 23.3 Å². The van der Waals surface area contributed by atoms with Crippen LogP contribution in [-0.2, 0) is 19.5 Å². The van der Waals surface area contributed by atoms with E-state index in [1.165, 1.54) is 17.0 Å². The number of aryl methyl sites for hydroxylation is 1. The number of urea groups is 1. The third-order valence-electron chi connectivity index (χ3n) is 3.31. The Morgan fingerprint density at radius 1 is 1.30 bits per heavy atom. The van der Waals surface area contributed by atoms with E-state index in [1.807, 2.05) is 6.20 Å². The summed E-state index contributed by atoms with van der Waals surface area (Å²) in [5, 5.41) is 12.6. The van der Waals surface area contributed by atoms with E-state index in [-0.39, 0.29) is 11.6 Å². The van der Waals surface area contributed by atoms with Gasteiger partial charge in [0.1, 0.15) is 5.01 Å². The summed E-state index contributed by atoms with van der Waals surface area (Å²) >= 11 is 1.61. The minimum Gasteiger partial charge on any atom is -0.478 e. The van der Waals surface area contributed by atoms with Crippen molar-refractivity contribution in [1.82, 2.24) is 15.2 Å². The summed E-state index contributed by atoms with van der Waals surface area (Å²) in [7, 11) is 1.72. The fourth-order valence-electron chi connectivity index (χ4n) is 1.94. The van der Waals surface area contributed by atoms with Gasteiger partial charge in [-0.2, -0.15) is 0 Å². The molecule has 23 heavy (non-hydrogen) atoms. The zero-order chi connectivity index (χ0) is 16.8. The summed E-state index contributed by atoms with van der Waals surface area (Å²) in [6, 6.07) is 6.24. The fourth-order valence-corrected chi connectivity index (χ4v) is 2.85. The van der Waals surface area contributed by atoms with E-state index < -0.39 is 5.97 Å². The summed E-state index contributed by atoms with van der Waals surface area (Å²) in [5.74, 6) is -0.963. The molecule has 0 fully saturated rings. The van der Waals surface area contributed by atoms with Gasteiger partial charge in [-0.15, -0.1) is 11.3 Å². The van der Waals surface area contributed by atoms with Crippen LogP contribution in [0.4, 0.5) is 4.79 Å². The first kappa shape index (κ1) is 17.0. The van der Waals surface area contributed by atoms with Crippen molar-refractivity contribution in [2.45, 2.75) is 26.4 Å². The summed E-state index contributed by atoms with van der Waals surface area (Å²) < 4.78 is 0. The number of aromatic carboxylic acids is 1. The zero-order valence-electron chi connectivity index (χ0n) is 13.1. The van der Waals surface area contributed by atoms with Gasteiger partial charge in [0, 0.05) is 24.7 Å². The van der Waals surface area contributed by atoms with Crippen molar-refractivity contribution in [2.24, 2.45) is 0 Å². The monoisotopic (exact) mass is 333 g/mol. The number of amides is 2. The Labute approximate surface area is 138 Å². The van der Waals surface area contributed by atoms with E-state index in [0.29, 0.717) is 13.1 Å². The Morgan fingerprint density at radius 2 is 2.00 bits per heavy atom. The van der Waals surface area contributed by atoms with E-state index in [1.54, 1.807) is 35.4 Å². The predicted octanol–water partition coefficient (Wildman–Crippen LogP) is 2.75. The van der Waals surface area contributed by atoms with Crippen LogP contribution < -0.4 is 5.32 Å². The van der Waals surface area contributed by atoms with E-state index in [0.717, 1.165) is 17.0 Å². The van der Waals surface area contributed by atoms with Crippen molar-refractivity contribution in [3.05, 3.63) is 51.5 Å². The van der Waals surface area contributed by atoms with Crippen LogP contribution in [0, 0.1) is 0 Å². The predicted molar refractivity (Wildman–Crippen MR) is 88.6 cm³/mol. The lowest BCUT2D eigenvalue weighted by Gasteiger charge is -2.16. The first-order valence-electron chi connectivity index (χ1n) is 7.24. The Morgan fingerprint density at radius 3 is 2.57 bits per heavy atom. The minimum atomic E-state index is -0.963. The first-order valence-corrected chi connectivity index (χ1v) is 8.06. The van der Waals surface area contributed by atoms with E-state index in [2.05, 4.69) is 17.2 Å². The third kappa shape index (κ3) is 4.79. The second-order valence-corrected chi connectivity index (χ2v) is 6.29. The standard InChI is InChI=1S/C16H19N3O3S/c1-3-13-9-17-14(23-13)10-19(2)16(22)18-8-11-4-6-12(7-5-11)15(20)21/h4-7,9H,3,8,10H2,1-2H3,(H,18,22)(H,20,21). The molecule has 0 unspecified atom stereocenters. The molecule has 7 heteroatoms. The van der Waals surface area contributed by atoms with Crippen LogP contribution in [0.1, 0.15) is 32.7 Å². The summed E-state index contributed by atoms with van der Waals surface area (Å²) in [4.78, 5) is 29.9. The maximum Gasteiger partial charge on any atom is 0.335 e. The number of carbonyl (C=O) groups excluding carboxylic acids is 1. The SMILES string of the molecule is CCc1cnc(CN(C)C(=O)NCc2ccc(C(=O)O)cc2)s1. The van der Waals surface area contributed by atoms with Gasteiger partial charge in [-0.25, -0.2) is 14.6 Å². The van der Waals surface area contributed by atoms with Gasteiger partial charge in [0.15, 0.2) is 0 Å². The lowest BCUT2D eigenvalue weighted by molar-refractivity contribution is 0.0697. The van der Waals surface area contributed by atoms with Crippen LogP contribution in [0.15, 0.2) is 30.5 Å². The first-order chi connectivity index (χ1) is 11.0. The Hall–Kier alpha value is -2.41. The molecule has 2 amide bonds. The molecule has 1 aromatic carbocycles. The number of carboxylic acids is 1. The molecular weight excluding hydrogens is 314 g/mol. The average molecular weight is 333 g/mol. The highest BCUT2D eigenvalue weighted by Gasteiger charge is 2.11. The van der Waals surface area contributed by atoms with Crippen LogP contribution in [0.2, 0.25) is 0 Å². The lowest BCUT2D eigenvalue weighted by atomic mass is 10.1. The molecule has 6 nitrogen and oxygen atoms in total. The number of thiazole rings is 1. The second kappa shape index (κ2) is 7.73. The number of hydrogen-bond acceptors (Lipinski definition) is 4. The highest BCUT2D eigenvalue weighted by Crippen LogP contribution is 2.14. The third-order valence-corrected chi connectivity index (χ3v) is 4.44. The molecule has 0 spiro atoms. The number of nitrogens with zero attached hydrogens (tertiary/aromatic N) is 2. The number of benzene rings is 1. The Bertz CT molecular complexity index is 682. The molecule has 0 aliphatic heterocycles. The Balaban J connectivity index is 1.84. The van der Waals surface area contributed by atoms with Gasteiger partial charge in [-0.3, -0.25) is 0 Å². The highest BCUT2D eigenvalue weighted by molar-refractivity contribution is 7.11. The van der Waals surface area contributed by atoms with Crippen molar-refractivity contribution in [1.29, 1.82) is 0 Å². The number of nitrogens with one attached hydrogen (secondary N) is 1. The van der Waals surface area contributed by atoms with Crippen molar-refractivity contribution < 1.29 is 14.7 Å². The van der Waals surface area contributed by atoms with Crippen molar-refractivity contribution in [3.63, 3.8) is 0 Å². The van der Waals surface area contributed by atoms with E-state index in [4.69, 9.17) is 5.11 Å². The maximum atomic E-state index is 12.1. The van der Waals surface area contributed by atoms with Crippen LogP contribution in [0.3, 0.4) is 0 Å². The zero-order valence-corrected chi connectivity index (χ0v) is 13.9. The second-order valence-electron chi connectivity index (χ2n) is 5.09. The van der Waals surface area contributed by atoms with Gasteiger partial charge < -0.3 is 15.3 Å². The molecule has 0 radical (unpaired) electrons. The fraction of sp³-hybridized carbons (Fsp3) is 0.312. The van der Waals surface area contributed by atoms with Gasteiger partial charge in [0.25, 0.3) is 0 Å². The molecule has 0 aliphatic rings. The van der Waals surface area contributed by atoms with Crippen molar-refractivity contribution in [3.8, 4) is 0 Å². The van der Waals surface area contributed by atoms with Crippen LogP contribution in [0.5, 0.6) is 0 Å². The summed E-state index contributed by atoms with van der Waals surface area (Å²) in [6.07, 6.45) is 2.79. The Kier molecular flexibility index (Phi) is 5.70. The van der Waals surface area contributed by atoms with Gasteiger partial charge >= 0.3 is 12.0 Å². The van der Waals surface area contributed by atoms with E-state index >= 15 is 0 Å². The smallest absolute Gasteiger partial charge is 0.335 e. The largest absolute Gasteiger partial charge is 0.478 e. The minimum absolute atomic E-state index is 0.194. The van der Waals surface area contributed by atoms with Crippen LogP contribution in [0.25, 0.3) is 0 Å².